The zero-order valence-corrected chi connectivity index (χ0v) is 14.3. The SMILES string of the molecule is COc1ccc(CCC(=O)N2CCc3cc4c(cc3C2)OCO4)cc1. The van der Waals surface area contributed by atoms with Crippen LogP contribution in [0.15, 0.2) is 36.4 Å². The third kappa shape index (κ3) is 3.27. The van der Waals surface area contributed by atoms with Gasteiger partial charge in [-0.3, -0.25) is 4.79 Å². The molecule has 1 amide bonds. The number of benzene rings is 2. The Morgan fingerprint density at radius 3 is 2.56 bits per heavy atom. The molecule has 0 saturated carbocycles. The molecule has 2 heterocycles. The number of ether oxygens (including phenoxy) is 3. The predicted octanol–water partition coefficient (Wildman–Crippen LogP) is 2.94. The first-order valence-electron chi connectivity index (χ1n) is 8.55. The molecule has 130 valence electrons. The van der Waals surface area contributed by atoms with E-state index in [1.165, 1.54) is 5.56 Å². The van der Waals surface area contributed by atoms with Crippen molar-refractivity contribution >= 4 is 5.91 Å². The van der Waals surface area contributed by atoms with Crippen LogP contribution in [0.1, 0.15) is 23.1 Å². The fraction of sp³-hybridized carbons (Fsp3) is 0.350. The Hall–Kier alpha value is -2.69. The van der Waals surface area contributed by atoms with E-state index in [0.717, 1.165) is 47.8 Å². The molecule has 0 bridgehead atoms. The lowest BCUT2D eigenvalue weighted by molar-refractivity contribution is -0.132. The molecule has 2 aromatic carbocycles. The molecule has 0 unspecified atom stereocenters. The summed E-state index contributed by atoms with van der Waals surface area (Å²) in [5, 5.41) is 0. The second kappa shape index (κ2) is 6.67. The zero-order valence-electron chi connectivity index (χ0n) is 14.3. The van der Waals surface area contributed by atoms with Gasteiger partial charge in [0.2, 0.25) is 12.7 Å². The van der Waals surface area contributed by atoms with E-state index in [2.05, 4.69) is 6.07 Å². The van der Waals surface area contributed by atoms with Gasteiger partial charge < -0.3 is 19.1 Å². The molecule has 5 nitrogen and oxygen atoms in total. The summed E-state index contributed by atoms with van der Waals surface area (Å²) in [4.78, 5) is 14.5. The molecule has 0 radical (unpaired) electrons. The van der Waals surface area contributed by atoms with Gasteiger partial charge in [0.1, 0.15) is 5.75 Å². The smallest absolute Gasteiger partial charge is 0.231 e. The Bertz CT molecular complexity index is 785. The molecule has 0 atom stereocenters. The number of fused-ring (bicyclic) bond motifs is 2. The van der Waals surface area contributed by atoms with Crippen molar-refractivity contribution in [3.8, 4) is 17.2 Å². The van der Waals surface area contributed by atoms with E-state index in [1.54, 1.807) is 7.11 Å². The minimum atomic E-state index is 0.194. The van der Waals surface area contributed by atoms with Gasteiger partial charge in [-0.1, -0.05) is 12.1 Å². The number of carbonyl (C=O) groups is 1. The maximum absolute atomic E-state index is 12.6. The van der Waals surface area contributed by atoms with Crippen LogP contribution in [0.3, 0.4) is 0 Å². The lowest BCUT2D eigenvalue weighted by Gasteiger charge is -2.29. The molecule has 2 aliphatic heterocycles. The molecule has 5 heteroatoms. The molecule has 4 rings (SSSR count). The van der Waals surface area contributed by atoms with Crippen molar-refractivity contribution in [3.63, 3.8) is 0 Å². The summed E-state index contributed by atoms with van der Waals surface area (Å²) in [6.45, 7) is 1.68. The maximum atomic E-state index is 12.6. The number of hydrogen-bond donors (Lipinski definition) is 0. The first-order chi connectivity index (χ1) is 12.2. The number of methoxy groups -OCH3 is 1. The molecular weight excluding hydrogens is 318 g/mol. The van der Waals surface area contributed by atoms with E-state index in [4.69, 9.17) is 14.2 Å². The molecule has 0 N–H and O–H groups in total. The standard InChI is InChI=1S/C20H21NO4/c1-23-17-5-2-14(3-6-17)4-7-20(22)21-9-8-15-10-18-19(25-13-24-18)11-16(15)12-21/h2-3,5-6,10-11H,4,7-9,12-13H2,1H3. The normalized spacial score (nSPS) is 15.0. The number of hydrogen-bond acceptors (Lipinski definition) is 4. The highest BCUT2D eigenvalue weighted by atomic mass is 16.7. The monoisotopic (exact) mass is 339 g/mol. The van der Waals surface area contributed by atoms with Gasteiger partial charge in [0.25, 0.3) is 0 Å². The van der Waals surface area contributed by atoms with E-state index in [0.29, 0.717) is 13.0 Å². The van der Waals surface area contributed by atoms with Crippen LogP contribution in [0.2, 0.25) is 0 Å². The van der Waals surface area contributed by atoms with Crippen LogP contribution in [0.4, 0.5) is 0 Å². The van der Waals surface area contributed by atoms with Crippen molar-refractivity contribution in [3.05, 3.63) is 53.1 Å². The third-order valence-corrected chi connectivity index (χ3v) is 4.85. The van der Waals surface area contributed by atoms with Gasteiger partial charge in [-0.25, -0.2) is 0 Å². The molecule has 0 aromatic heterocycles. The van der Waals surface area contributed by atoms with Gasteiger partial charge in [0.05, 0.1) is 7.11 Å². The minimum absolute atomic E-state index is 0.194. The highest BCUT2D eigenvalue weighted by Crippen LogP contribution is 2.36. The van der Waals surface area contributed by atoms with Crippen molar-refractivity contribution in [1.82, 2.24) is 4.90 Å². The Labute approximate surface area is 147 Å². The summed E-state index contributed by atoms with van der Waals surface area (Å²) in [6.07, 6.45) is 2.12. The van der Waals surface area contributed by atoms with E-state index in [-0.39, 0.29) is 12.7 Å². The molecule has 0 fully saturated rings. The van der Waals surface area contributed by atoms with Gasteiger partial charge in [-0.05, 0) is 53.8 Å². The summed E-state index contributed by atoms with van der Waals surface area (Å²) in [7, 11) is 1.65. The molecule has 2 aromatic rings. The topological polar surface area (TPSA) is 48.0 Å². The average Bonchev–Trinajstić information content (AvgIpc) is 3.11. The number of aryl methyl sites for hydroxylation is 1. The predicted molar refractivity (Wildman–Crippen MR) is 93.0 cm³/mol. The molecule has 0 saturated heterocycles. The van der Waals surface area contributed by atoms with Gasteiger partial charge in [0.15, 0.2) is 11.5 Å². The Balaban J connectivity index is 1.38. The summed E-state index contributed by atoms with van der Waals surface area (Å²) in [5.41, 5.74) is 3.56. The third-order valence-electron chi connectivity index (χ3n) is 4.85. The van der Waals surface area contributed by atoms with Crippen LogP contribution in [-0.4, -0.2) is 31.3 Å². The van der Waals surface area contributed by atoms with Crippen molar-refractivity contribution in [1.29, 1.82) is 0 Å². The molecule has 25 heavy (non-hydrogen) atoms. The van der Waals surface area contributed by atoms with E-state index < -0.39 is 0 Å². The van der Waals surface area contributed by atoms with Crippen molar-refractivity contribution in [2.75, 3.05) is 20.4 Å². The Morgan fingerprint density at radius 1 is 1.12 bits per heavy atom. The first kappa shape index (κ1) is 15.8. The molecule has 2 aliphatic rings. The van der Waals surface area contributed by atoms with Gasteiger partial charge in [-0.2, -0.15) is 0 Å². The van der Waals surface area contributed by atoms with Crippen molar-refractivity contribution in [2.45, 2.75) is 25.8 Å². The first-order valence-corrected chi connectivity index (χ1v) is 8.55. The second-order valence-corrected chi connectivity index (χ2v) is 6.39. The number of rotatable bonds is 4. The summed E-state index contributed by atoms with van der Waals surface area (Å²) in [6, 6.07) is 12.0. The van der Waals surface area contributed by atoms with Crippen LogP contribution in [0.25, 0.3) is 0 Å². The van der Waals surface area contributed by atoms with Crippen LogP contribution < -0.4 is 14.2 Å². The van der Waals surface area contributed by atoms with Gasteiger partial charge in [0, 0.05) is 19.5 Å². The highest BCUT2D eigenvalue weighted by molar-refractivity contribution is 5.77. The van der Waals surface area contributed by atoms with Gasteiger partial charge >= 0.3 is 0 Å². The van der Waals surface area contributed by atoms with Crippen LogP contribution in [0.5, 0.6) is 17.2 Å². The minimum Gasteiger partial charge on any atom is -0.497 e. The fourth-order valence-electron chi connectivity index (χ4n) is 3.36. The van der Waals surface area contributed by atoms with Crippen LogP contribution in [0, 0.1) is 0 Å². The average molecular weight is 339 g/mol. The largest absolute Gasteiger partial charge is 0.497 e. The summed E-state index contributed by atoms with van der Waals surface area (Å²) in [5.74, 6) is 2.63. The lowest BCUT2D eigenvalue weighted by atomic mass is 9.98. The van der Waals surface area contributed by atoms with E-state index in [9.17, 15) is 4.79 Å². The Kier molecular flexibility index (Phi) is 4.22. The zero-order chi connectivity index (χ0) is 17.2. The number of amides is 1. The summed E-state index contributed by atoms with van der Waals surface area (Å²) >= 11 is 0. The summed E-state index contributed by atoms with van der Waals surface area (Å²) < 4.78 is 16.0. The Morgan fingerprint density at radius 2 is 1.84 bits per heavy atom. The van der Waals surface area contributed by atoms with Gasteiger partial charge in [-0.15, -0.1) is 0 Å². The van der Waals surface area contributed by atoms with E-state index >= 15 is 0 Å². The van der Waals surface area contributed by atoms with Crippen LogP contribution >= 0.6 is 0 Å². The molecular formula is C20H21NO4. The van der Waals surface area contributed by atoms with Crippen molar-refractivity contribution < 1.29 is 19.0 Å². The molecule has 0 aliphatic carbocycles. The second-order valence-electron chi connectivity index (χ2n) is 6.39. The quantitative estimate of drug-likeness (QED) is 0.859. The highest BCUT2D eigenvalue weighted by Gasteiger charge is 2.24. The van der Waals surface area contributed by atoms with Crippen LogP contribution in [-0.2, 0) is 24.2 Å². The van der Waals surface area contributed by atoms with E-state index in [1.807, 2.05) is 35.2 Å². The van der Waals surface area contributed by atoms with Crippen molar-refractivity contribution in [2.24, 2.45) is 0 Å². The maximum Gasteiger partial charge on any atom is 0.231 e. The lowest BCUT2D eigenvalue weighted by Crippen LogP contribution is -2.36. The fourth-order valence-corrected chi connectivity index (χ4v) is 3.36. The number of carbonyl (C=O) groups excluding carboxylic acids is 1. The number of nitrogens with zero attached hydrogens (tertiary/aromatic N) is 1. The molecule has 0 spiro atoms.